The number of aryl methyl sites for hydroxylation is 2. The lowest BCUT2D eigenvalue weighted by Gasteiger charge is -2.14. The number of thiophene rings is 1. The van der Waals surface area contributed by atoms with Crippen LogP contribution in [0.3, 0.4) is 0 Å². The standard InChI is InChI=1S/C17H23NOS/c1-2-10-18-17(14-8-6-11-19-14)16-12-13-7-4-3-5-9-15(13)20-16/h6,8,11-12,17-18H,2-5,7,9-10H2,1H3. The van der Waals surface area contributed by atoms with Crippen LogP contribution in [0.4, 0.5) is 0 Å². The van der Waals surface area contributed by atoms with Crippen LogP contribution in [-0.2, 0) is 12.8 Å². The van der Waals surface area contributed by atoms with Gasteiger partial charge in [0.15, 0.2) is 0 Å². The number of rotatable bonds is 5. The Morgan fingerprint density at radius 3 is 3.00 bits per heavy atom. The molecular weight excluding hydrogens is 266 g/mol. The Bertz CT molecular complexity index is 506. The molecule has 1 unspecified atom stereocenters. The molecule has 0 aliphatic heterocycles. The van der Waals surface area contributed by atoms with Crippen LogP contribution in [0.2, 0.25) is 0 Å². The van der Waals surface area contributed by atoms with Gasteiger partial charge in [-0.25, -0.2) is 0 Å². The Morgan fingerprint density at radius 1 is 1.30 bits per heavy atom. The molecule has 1 atom stereocenters. The van der Waals surface area contributed by atoms with Gasteiger partial charge >= 0.3 is 0 Å². The highest BCUT2D eigenvalue weighted by Crippen LogP contribution is 2.35. The molecule has 0 saturated carbocycles. The first-order valence-corrected chi connectivity index (χ1v) is 8.58. The Balaban J connectivity index is 1.87. The summed E-state index contributed by atoms with van der Waals surface area (Å²) in [6, 6.07) is 6.70. The molecule has 3 rings (SSSR count). The second-order valence-electron chi connectivity index (χ2n) is 5.56. The Hall–Kier alpha value is -1.06. The molecule has 2 aromatic heterocycles. The van der Waals surface area contributed by atoms with Gasteiger partial charge in [0, 0.05) is 9.75 Å². The molecular formula is C17H23NOS. The molecule has 0 amide bonds. The average Bonchev–Trinajstić information content (AvgIpc) is 3.06. The molecule has 2 aromatic rings. The molecule has 0 aromatic carbocycles. The summed E-state index contributed by atoms with van der Waals surface area (Å²) >= 11 is 1.98. The highest BCUT2D eigenvalue weighted by atomic mass is 32.1. The van der Waals surface area contributed by atoms with Crippen molar-refractivity contribution in [3.8, 4) is 0 Å². The molecule has 3 heteroatoms. The van der Waals surface area contributed by atoms with Crippen molar-refractivity contribution in [3.63, 3.8) is 0 Å². The van der Waals surface area contributed by atoms with E-state index in [9.17, 15) is 0 Å². The smallest absolute Gasteiger partial charge is 0.126 e. The zero-order chi connectivity index (χ0) is 13.8. The van der Waals surface area contributed by atoms with Gasteiger partial charge in [-0.3, -0.25) is 0 Å². The fourth-order valence-electron chi connectivity index (χ4n) is 2.92. The van der Waals surface area contributed by atoms with E-state index in [1.807, 2.05) is 17.4 Å². The van der Waals surface area contributed by atoms with Crippen LogP contribution >= 0.6 is 11.3 Å². The van der Waals surface area contributed by atoms with Crippen molar-refractivity contribution in [3.05, 3.63) is 45.5 Å². The van der Waals surface area contributed by atoms with Crippen molar-refractivity contribution in [2.24, 2.45) is 0 Å². The highest BCUT2D eigenvalue weighted by molar-refractivity contribution is 7.12. The molecule has 20 heavy (non-hydrogen) atoms. The Kier molecular flexibility index (Phi) is 4.58. The van der Waals surface area contributed by atoms with Gasteiger partial charge in [-0.15, -0.1) is 11.3 Å². The minimum absolute atomic E-state index is 0.224. The summed E-state index contributed by atoms with van der Waals surface area (Å²) in [7, 11) is 0. The molecule has 1 N–H and O–H groups in total. The molecule has 0 spiro atoms. The maximum atomic E-state index is 5.65. The normalized spacial score (nSPS) is 16.6. The van der Waals surface area contributed by atoms with Crippen molar-refractivity contribution in [1.82, 2.24) is 5.32 Å². The van der Waals surface area contributed by atoms with Crippen molar-refractivity contribution in [1.29, 1.82) is 0 Å². The molecule has 1 aliphatic carbocycles. The third-order valence-electron chi connectivity index (χ3n) is 3.98. The molecule has 0 fully saturated rings. The summed E-state index contributed by atoms with van der Waals surface area (Å²) in [6.45, 7) is 3.23. The maximum absolute atomic E-state index is 5.65. The third-order valence-corrected chi connectivity index (χ3v) is 5.28. The molecule has 2 nitrogen and oxygen atoms in total. The van der Waals surface area contributed by atoms with Crippen LogP contribution in [-0.4, -0.2) is 6.54 Å². The summed E-state index contributed by atoms with van der Waals surface area (Å²) < 4.78 is 5.65. The fraction of sp³-hybridized carbons (Fsp3) is 0.529. The zero-order valence-corrected chi connectivity index (χ0v) is 13.0. The van der Waals surface area contributed by atoms with Crippen LogP contribution in [0.15, 0.2) is 28.9 Å². The Morgan fingerprint density at radius 2 is 2.20 bits per heavy atom. The van der Waals surface area contributed by atoms with Crippen LogP contribution in [0.5, 0.6) is 0 Å². The fourth-order valence-corrected chi connectivity index (χ4v) is 4.26. The molecule has 1 aliphatic rings. The van der Waals surface area contributed by atoms with Gasteiger partial charge in [-0.05, 0) is 62.4 Å². The van der Waals surface area contributed by atoms with Crippen LogP contribution < -0.4 is 5.32 Å². The first-order valence-electron chi connectivity index (χ1n) is 7.76. The second kappa shape index (κ2) is 6.59. The van der Waals surface area contributed by atoms with Crippen LogP contribution in [0.25, 0.3) is 0 Å². The molecule has 2 heterocycles. The predicted octanol–water partition coefficient (Wildman–Crippen LogP) is 4.70. The van der Waals surface area contributed by atoms with Crippen molar-refractivity contribution >= 4 is 11.3 Å². The Labute approximate surface area is 125 Å². The minimum Gasteiger partial charge on any atom is -0.467 e. The van der Waals surface area contributed by atoms with Gasteiger partial charge in [0.05, 0.1) is 6.26 Å². The van der Waals surface area contributed by atoms with Crippen molar-refractivity contribution in [2.75, 3.05) is 6.54 Å². The third kappa shape index (κ3) is 2.99. The van der Waals surface area contributed by atoms with Crippen molar-refractivity contribution < 1.29 is 4.42 Å². The van der Waals surface area contributed by atoms with E-state index in [1.165, 1.54) is 37.0 Å². The van der Waals surface area contributed by atoms with E-state index in [0.29, 0.717) is 0 Å². The van der Waals surface area contributed by atoms with E-state index in [1.54, 1.807) is 16.7 Å². The highest BCUT2D eigenvalue weighted by Gasteiger charge is 2.21. The van der Waals surface area contributed by atoms with Crippen molar-refractivity contribution in [2.45, 2.75) is 51.5 Å². The zero-order valence-electron chi connectivity index (χ0n) is 12.2. The van der Waals surface area contributed by atoms with Gasteiger partial charge in [0.2, 0.25) is 0 Å². The summed E-state index contributed by atoms with van der Waals surface area (Å²) in [4.78, 5) is 3.02. The maximum Gasteiger partial charge on any atom is 0.126 e. The lowest BCUT2D eigenvalue weighted by atomic mass is 10.1. The van der Waals surface area contributed by atoms with Gasteiger partial charge in [-0.1, -0.05) is 13.3 Å². The molecule has 108 valence electrons. The average molecular weight is 289 g/mol. The summed E-state index contributed by atoms with van der Waals surface area (Å²) in [5.74, 6) is 1.04. The van der Waals surface area contributed by atoms with Gasteiger partial charge in [0.1, 0.15) is 11.8 Å². The SMILES string of the molecule is CCCNC(c1ccco1)c1cc2c(s1)CCCCC2. The number of furan rings is 1. The van der Waals surface area contributed by atoms with E-state index in [2.05, 4.69) is 24.4 Å². The number of nitrogens with one attached hydrogen (secondary N) is 1. The number of fused-ring (bicyclic) bond motifs is 1. The quantitative estimate of drug-likeness (QED) is 0.807. The monoisotopic (exact) mass is 289 g/mol. The van der Waals surface area contributed by atoms with Gasteiger partial charge in [-0.2, -0.15) is 0 Å². The lowest BCUT2D eigenvalue weighted by molar-refractivity contribution is 0.450. The molecule has 0 radical (unpaired) electrons. The van der Waals surface area contributed by atoms with E-state index in [-0.39, 0.29) is 6.04 Å². The van der Waals surface area contributed by atoms with E-state index in [0.717, 1.165) is 18.7 Å². The van der Waals surface area contributed by atoms with Crippen LogP contribution in [0, 0.1) is 0 Å². The lowest BCUT2D eigenvalue weighted by Crippen LogP contribution is -2.21. The van der Waals surface area contributed by atoms with E-state index in [4.69, 9.17) is 4.42 Å². The summed E-state index contributed by atoms with van der Waals surface area (Å²) in [5, 5.41) is 3.63. The largest absolute Gasteiger partial charge is 0.467 e. The topological polar surface area (TPSA) is 25.2 Å². The van der Waals surface area contributed by atoms with Crippen LogP contribution in [0.1, 0.15) is 59.7 Å². The van der Waals surface area contributed by atoms with Gasteiger partial charge < -0.3 is 9.73 Å². The van der Waals surface area contributed by atoms with Gasteiger partial charge in [0.25, 0.3) is 0 Å². The van der Waals surface area contributed by atoms with E-state index >= 15 is 0 Å². The van der Waals surface area contributed by atoms with E-state index < -0.39 is 0 Å². The first-order chi connectivity index (χ1) is 9.88. The number of hydrogen-bond acceptors (Lipinski definition) is 3. The first kappa shape index (κ1) is 13.9. The summed E-state index contributed by atoms with van der Waals surface area (Å²) in [5.41, 5.74) is 1.58. The summed E-state index contributed by atoms with van der Waals surface area (Å²) in [6.07, 6.45) is 9.50. The number of hydrogen-bond donors (Lipinski definition) is 1. The molecule has 0 bridgehead atoms. The molecule has 0 saturated heterocycles. The minimum atomic E-state index is 0.224. The second-order valence-corrected chi connectivity index (χ2v) is 6.73. The predicted molar refractivity (Wildman–Crippen MR) is 84.4 cm³/mol.